The first-order valence-electron chi connectivity index (χ1n) is 8.64. The third-order valence-corrected chi connectivity index (χ3v) is 6.19. The van der Waals surface area contributed by atoms with Crippen LogP contribution in [-0.2, 0) is 9.84 Å². The first-order chi connectivity index (χ1) is 10.5. The quantitative estimate of drug-likeness (QED) is 0.333. The highest BCUT2D eigenvalue weighted by atomic mass is 127. The van der Waals surface area contributed by atoms with Gasteiger partial charge in [-0.25, -0.2) is 8.42 Å². The molecule has 0 saturated heterocycles. The van der Waals surface area contributed by atoms with E-state index in [0.29, 0.717) is 18.5 Å². The lowest BCUT2D eigenvalue weighted by atomic mass is 9.85. The summed E-state index contributed by atoms with van der Waals surface area (Å²) in [5.41, 5.74) is 0. The standard InChI is InChI=1S/C16H33N3O2S.HI/c1-4-22(20,21)13-12-18-16(17-3)19-14(2)10-11-15-8-6-5-7-9-15;/h14-15H,4-13H2,1-3H3,(H2,17,18,19);1H. The number of nitrogens with zero attached hydrogens (tertiary/aromatic N) is 1. The number of hydrogen-bond donors (Lipinski definition) is 2. The van der Waals surface area contributed by atoms with Gasteiger partial charge in [0.15, 0.2) is 15.8 Å². The monoisotopic (exact) mass is 459 g/mol. The Labute approximate surface area is 159 Å². The Morgan fingerprint density at radius 1 is 1.26 bits per heavy atom. The van der Waals surface area contributed by atoms with Gasteiger partial charge in [0.2, 0.25) is 0 Å². The average Bonchev–Trinajstić information content (AvgIpc) is 2.53. The summed E-state index contributed by atoms with van der Waals surface area (Å²) in [5, 5.41) is 6.44. The van der Waals surface area contributed by atoms with Crippen molar-refractivity contribution in [2.75, 3.05) is 25.1 Å². The number of halogens is 1. The maximum Gasteiger partial charge on any atom is 0.191 e. The van der Waals surface area contributed by atoms with E-state index in [1.807, 2.05) is 0 Å². The highest BCUT2D eigenvalue weighted by molar-refractivity contribution is 14.0. The molecule has 0 aliphatic heterocycles. The fourth-order valence-corrected chi connectivity index (χ4v) is 3.63. The minimum Gasteiger partial charge on any atom is -0.355 e. The Morgan fingerprint density at radius 2 is 1.91 bits per heavy atom. The van der Waals surface area contributed by atoms with Crippen LogP contribution in [0.2, 0.25) is 0 Å². The van der Waals surface area contributed by atoms with Gasteiger partial charge in [-0.05, 0) is 25.7 Å². The van der Waals surface area contributed by atoms with E-state index in [1.54, 1.807) is 14.0 Å². The number of rotatable bonds is 8. The number of hydrogen-bond acceptors (Lipinski definition) is 3. The zero-order valence-corrected chi connectivity index (χ0v) is 18.0. The zero-order chi connectivity index (χ0) is 16.4. The first kappa shape index (κ1) is 22.9. The molecule has 0 aromatic carbocycles. The summed E-state index contributed by atoms with van der Waals surface area (Å²) in [7, 11) is -1.20. The van der Waals surface area contributed by atoms with Crippen LogP contribution in [-0.4, -0.2) is 45.5 Å². The lowest BCUT2D eigenvalue weighted by Crippen LogP contribution is -2.43. The van der Waals surface area contributed by atoms with Crippen molar-refractivity contribution < 1.29 is 8.42 Å². The number of nitrogens with one attached hydrogen (secondary N) is 2. The molecule has 1 unspecified atom stereocenters. The highest BCUT2D eigenvalue weighted by Gasteiger charge is 2.15. The van der Waals surface area contributed by atoms with Crippen molar-refractivity contribution in [2.24, 2.45) is 10.9 Å². The van der Waals surface area contributed by atoms with Gasteiger partial charge in [0.25, 0.3) is 0 Å². The van der Waals surface area contributed by atoms with Gasteiger partial charge in [-0.1, -0.05) is 39.0 Å². The average molecular weight is 459 g/mol. The summed E-state index contributed by atoms with van der Waals surface area (Å²) in [6.07, 6.45) is 9.36. The molecule has 1 aliphatic carbocycles. The normalized spacial score (nSPS) is 18.1. The fourth-order valence-electron chi connectivity index (χ4n) is 2.93. The number of sulfone groups is 1. The van der Waals surface area contributed by atoms with Crippen molar-refractivity contribution in [3.63, 3.8) is 0 Å². The maximum atomic E-state index is 11.5. The van der Waals surface area contributed by atoms with Crippen molar-refractivity contribution in [3.8, 4) is 0 Å². The molecule has 23 heavy (non-hydrogen) atoms. The lowest BCUT2D eigenvalue weighted by molar-refractivity contribution is 0.322. The molecule has 2 N–H and O–H groups in total. The van der Waals surface area contributed by atoms with Crippen LogP contribution in [0.3, 0.4) is 0 Å². The molecule has 1 atom stereocenters. The summed E-state index contributed by atoms with van der Waals surface area (Å²) in [6, 6.07) is 0.357. The van der Waals surface area contributed by atoms with Gasteiger partial charge in [-0.15, -0.1) is 24.0 Å². The first-order valence-corrected chi connectivity index (χ1v) is 10.5. The Morgan fingerprint density at radius 3 is 2.48 bits per heavy atom. The Hall–Kier alpha value is -0.0500. The van der Waals surface area contributed by atoms with Crippen LogP contribution in [0.4, 0.5) is 0 Å². The molecule has 138 valence electrons. The molecule has 7 heteroatoms. The van der Waals surface area contributed by atoms with Crippen LogP contribution in [0.25, 0.3) is 0 Å². The van der Waals surface area contributed by atoms with Gasteiger partial charge in [0.1, 0.15) is 0 Å². The second-order valence-corrected chi connectivity index (χ2v) is 8.83. The van der Waals surface area contributed by atoms with Crippen LogP contribution in [0.5, 0.6) is 0 Å². The highest BCUT2D eigenvalue weighted by Crippen LogP contribution is 2.27. The summed E-state index contributed by atoms with van der Waals surface area (Å²) < 4.78 is 22.9. The van der Waals surface area contributed by atoms with Crippen molar-refractivity contribution in [2.45, 2.75) is 64.8 Å². The second kappa shape index (κ2) is 12.3. The lowest BCUT2D eigenvalue weighted by Gasteiger charge is -2.24. The van der Waals surface area contributed by atoms with Crippen LogP contribution in [0.1, 0.15) is 58.8 Å². The smallest absolute Gasteiger partial charge is 0.191 e. The fraction of sp³-hybridized carbons (Fsp3) is 0.938. The molecule has 0 aromatic heterocycles. The van der Waals surface area contributed by atoms with Crippen molar-refractivity contribution in [1.29, 1.82) is 0 Å². The summed E-state index contributed by atoms with van der Waals surface area (Å²) in [4.78, 5) is 4.17. The van der Waals surface area contributed by atoms with Gasteiger partial charge < -0.3 is 10.6 Å². The molecule has 0 bridgehead atoms. The van der Waals surface area contributed by atoms with Crippen molar-refractivity contribution in [3.05, 3.63) is 0 Å². The van der Waals surface area contributed by atoms with Crippen LogP contribution in [0, 0.1) is 5.92 Å². The molecular formula is C16H34IN3O2S. The van der Waals surface area contributed by atoms with Crippen molar-refractivity contribution >= 4 is 39.8 Å². The number of aliphatic imine (C=N–C) groups is 1. The minimum atomic E-state index is -2.92. The Kier molecular flexibility index (Phi) is 12.3. The minimum absolute atomic E-state index is 0. The van der Waals surface area contributed by atoms with E-state index in [9.17, 15) is 8.42 Å². The summed E-state index contributed by atoms with van der Waals surface area (Å²) >= 11 is 0. The molecule has 0 spiro atoms. The summed E-state index contributed by atoms with van der Waals surface area (Å²) in [5.74, 6) is 1.93. The van der Waals surface area contributed by atoms with Crippen LogP contribution < -0.4 is 10.6 Å². The molecule has 0 heterocycles. The molecule has 0 aromatic rings. The van der Waals surface area contributed by atoms with Crippen molar-refractivity contribution in [1.82, 2.24) is 10.6 Å². The van der Waals surface area contributed by atoms with Crippen LogP contribution >= 0.6 is 24.0 Å². The molecular weight excluding hydrogens is 425 g/mol. The van der Waals surface area contributed by atoms with Gasteiger partial charge in [0, 0.05) is 25.4 Å². The third-order valence-electron chi connectivity index (χ3n) is 4.48. The Balaban J connectivity index is 0.00000484. The van der Waals surface area contributed by atoms with E-state index < -0.39 is 9.84 Å². The molecule has 1 fully saturated rings. The molecule has 1 saturated carbocycles. The van der Waals surface area contributed by atoms with Gasteiger partial charge in [-0.3, -0.25) is 4.99 Å². The van der Waals surface area contributed by atoms with E-state index in [0.717, 1.165) is 12.3 Å². The third kappa shape index (κ3) is 10.4. The predicted octanol–water partition coefficient (Wildman–Crippen LogP) is 2.95. The molecule has 1 aliphatic rings. The topological polar surface area (TPSA) is 70.6 Å². The molecule has 1 rings (SSSR count). The van der Waals surface area contributed by atoms with E-state index >= 15 is 0 Å². The zero-order valence-electron chi connectivity index (χ0n) is 14.8. The molecule has 0 radical (unpaired) electrons. The second-order valence-electron chi connectivity index (χ2n) is 6.36. The van der Waals surface area contributed by atoms with E-state index in [2.05, 4.69) is 22.5 Å². The molecule has 5 nitrogen and oxygen atoms in total. The maximum absolute atomic E-state index is 11.5. The van der Waals surface area contributed by atoms with Gasteiger partial charge in [-0.2, -0.15) is 0 Å². The van der Waals surface area contributed by atoms with Gasteiger partial charge >= 0.3 is 0 Å². The van der Waals surface area contributed by atoms with E-state index in [1.165, 1.54) is 38.5 Å². The van der Waals surface area contributed by atoms with Crippen LogP contribution in [0.15, 0.2) is 4.99 Å². The SMILES string of the molecule is CCS(=O)(=O)CCNC(=NC)NC(C)CCC1CCCCC1.I. The summed E-state index contributed by atoms with van der Waals surface area (Å²) in [6.45, 7) is 4.25. The van der Waals surface area contributed by atoms with Gasteiger partial charge in [0.05, 0.1) is 5.75 Å². The van der Waals surface area contributed by atoms with E-state index in [4.69, 9.17) is 0 Å². The molecule has 0 amide bonds. The predicted molar refractivity (Wildman–Crippen MR) is 110 cm³/mol. The largest absolute Gasteiger partial charge is 0.355 e. The number of guanidine groups is 1. The Bertz CT molecular complexity index is 435. The van der Waals surface area contributed by atoms with E-state index in [-0.39, 0.29) is 35.5 Å².